The highest BCUT2D eigenvalue weighted by atomic mass is 16.5. The lowest BCUT2D eigenvalue weighted by molar-refractivity contribution is -0.125. The molecule has 2 aromatic carbocycles. The molecule has 7 nitrogen and oxygen atoms in total. The maximum absolute atomic E-state index is 12.5. The third-order valence-corrected chi connectivity index (χ3v) is 3.99. The van der Waals surface area contributed by atoms with Crippen molar-refractivity contribution in [3.05, 3.63) is 59.7 Å². The molecule has 1 heterocycles. The third kappa shape index (κ3) is 4.63. The Balaban J connectivity index is 1.66. The molecule has 2 aromatic rings. The summed E-state index contributed by atoms with van der Waals surface area (Å²) in [6.07, 6.45) is -0.573. The topological polar surface area (TPSA) is 96.5 Å². The van der Waals surface area contributed by atoms with Gasteiger partial charge in [-0.25, -0.2) is 9.59 Å². The van der Waals surface area contributed by atoms with Crippen LogP contribution in [-0.2, 0) is 16.0 Å². The molecule has 3 rings (SSSR count). The standard InChI is InChI=1S/C20H21N3O4/c1-12(2)21-20(26)23-15-8-5-7-14(11-15)22-18(24)17-10-13-6-3-4-9-16(13)19(25)27-17/h3-9,11-12,17H,10H2,1-2H3,(H,22,24)(H2,21,23,26). The van der Waals surface area contributed by atoms with Crippen LogP contribution in [-0.4, -0.2) is 30.1 Å². The maximum atomic E-state index is 12.5. The molecule has 0 aromatic heterocycles. The fourth-order valence-electron chi connectivity index (χ4n) is 2.80. The number of cyclic esters (lactones) is 1. The van der Waals surface area contributed by atoms with Gasteiger partial charge in [0.05, 0.1) is 5.56 Å². The van der Waals surface area contributed by atoms with Gasteiger partial charge in [0.2, 0.25) is 0 Å². The first kappa shape index (κ1) is 18.4. The number of urea groups is 1. The van der Waals surface area contributed by atoms with E-state index >= 15 is 0 Å². The van der Waals surface area contributed by atoms with Crippen LogP contribution >= 0.6 is 0 Å². The molecule has 0 saturated carbocycles. The number of fused-ring (bicyclic) bond motifs is 1. The van der Waals surface area contributed by atoms with E-state index in [9.17, 15) is 14.4 Å². The highest BCUT2D eigenvalue weighted by Crippen LogP contribution is 2.22. The molecule has 140 valence electrons. The van der Waals surface area contributed by atoms with Crippen molar-refractivity contribution in [1.29, 1.82) is 0 Å². The van der Waals surface area contributed by atoms with E-state index in [0.29, 0.717) is 23.4 Å². The van der Waals surface area contributed by atoms with Crippen molar-refractivity contribution in [1.82, 2.24) is 5.32 Å². The molecule has 27 heavy (non-hydrogen) atoms. The Bertz CT molecular complexity index is 879. The summed E-state index contributed by atoms with van der Waals surface area (Å²) in [5, 5.41) is 8.15. The fourth-order valence-corrected chi connectivity index (χ4v) is 2.80. The fraction of sp³-hybridized carbons (Fsp3) is 0.250. The van der Waals surface area contributed by atoms with Crippen LogP contribution in [0.25, 0.3) is 0 Å². The molecule has 7 heteroatoms. The molecule has 1 aliphatic rings. The zero-order chi connectivity index (χ0) is 19.4. The van der Waals surface area contributed by atoms with Crippen LogP contribution in [0.15, 0.2) is 48.5 Å². The number of carbonyl (C=O) groups is 3. The largest absolute Gasteiger partial charge is 0.448 e. The van der Waals surface area contributed by atoms with E-state index < -0.39 is 18.0 Å². The van der Waals surface area contributed by atoms with Gasteiger partial charge >= 0.3 is 12.0 Å². The van der Waals surface area contributed by atoms with Gasteiger partial charge in [-0.15, -0.1) is 0 Å². The highest BCUT2D eigenvalue weighted by Gasteiger charge is 2.31. The summed E-state index contributed by atoms with van der Waals surface area (Å²) in [6, 6.07) is 13.5. The van der Waals surface area contributed by atoms with Crippen LogP contribution < -0.4 is 16.0 Å². The SMILES string of the molecule is CC(C)NC(=O)Nc1cccc(NC(=O)C2Cc3ccccc3C(=O)O2)c1. The van der Waals surface area contributed by atoms with E-state index in [-0.39, 0.29) is 12.1 Å². The number of esters is 1. The zero-order valence-electron chi connectivity index (χ0n) is 15.1. The lowest BCUT2D eigenvalue weighted by Crippen LogP contribution is -2.38. The summed E-state index contributed by atoms with van der Waals surface area (Å²) < 4.78 is 5.25. The Morgan fingerprint density at radius 3 is 2.48 bits per heavy atom. The van der Waals surface area contributed by atoms with E-state index in [1.807, 2.05) is 26.0 Å². The van der Waals surface area contributed by atoms with Crippen molar-refractivity contribution in [3.63, 3.8) is 0 Å². The average molecular weight is 367 g/mol. The normalized spacial score (nSPS) is 15.5. The Kier molecular flexibility index (Phi) is 5.40. The quantitative estimate of drug-likeness (QED) is 0.724. The predicted molar refractivity (Wildman–Crippen MR) is 102 cm³/mol. The first-order valence-electron chi connectivity index (χ1n) is 8.69. The molecule has 0 aliphatic carbocycles. The molecule has 1 unspecified atom stereocenters. The minimum absolute atomic E-state index is 0.0109. The van der Waals surface area contributed by atoms with Crippen molar-refractivity contribution in [3.8, 4) is 0 Å². The second-order valence-electron chi connectivity index (χ2n) is 6.58. The number of hydrogen-bond acceptors (Lipinski definition) is 4. The smallest absolute Gasteiger partial charge is 0.339 e. The number of ether oxygens (including phenoxy) is 1. The number of carbonyl (C=O) groups excluding carboxylic acids is 3. The van der Waals surface area contributed by atoms with E-state index in [2.05, 4.69) is 16.0 Å². The van der Waals surface area contributed by atoms with Crippen LogP contribution in [0.5, 0.6) is 0 Å². The van der Waals surface area contributed by atoms with Gasteiger partial charge in [-0.05, 0) is 43.7 Å². The van der Waals surface area contributed by atoms with E-state index in [1.165, 1.54) is 0 Å². The summed E-state index contributed by atoms with van der Waals surface area (Å²) in [6.45, 7) is 3.72. The van der Waals surface area contributed by atoms with Gasteiger partial charge in [0.15, 0.2) is 6.10 Å². The van der Waals surface area contributed by atoms with Gasteiger partial charge in [-0.1, -0.05) is 24.3 Å². The molecule has 1 aliphatic heterocycles. The Labute approximate surface area is 157 Å². The van der Waals surface area contributed by atoms with Gasteiger partial charge in [-0.3, -0.25) is 4.79 Å². The van der Waals surface area contributed by atoms with Crippen LogP contribution in [0, 0.1) is 0 Å². The van der Waals surface area contributed by atoms with Gasteiger partial charge in [0, 0.05) is 23.8 Å². The second kappa shape index (κ2) is 7.90. The molecular weight excluding hydrogens is 346 g/mol. The lowest BCUT2D eigenvalue weighted by Gasteiger charge is -2.23. The monoisotopic (exact) mass is 367 g/mol. The van der Waals surface area contributed by atoms with Crippen LogP contribution in [0.2, 0.25) is 0 Å². The number of anilines is 2. The van der Waals surface area contributed by atoms with Gasteiger partial charge in [0.25, 0.3) is 5.91 Å². The van der Waals surface area contributed by atoms with Crippen molar-refractivity contribution in [2.45, 2.75) is 32.4 Å². The number of hydrogen-bond donors (Lipinski definition) is 3. The van der Waals surface area contributed by atoms with Gasteiger partial charge < -0.3 is 20.7 Å². The van der Waals surface area contributed by atoms with Crippen molar-refractivity contribution < 1.29 is 19.1 Å². The molecule has 0 spiro atoms. The average Bonchev–Trinajstić information content (AvgIpc) is 2.61. The molecular formula is C20H21N3O4. The Morgan fingerprint density at radius 2 is 1.74 bits per heavy atom. The van der Waals surface area contributed by atoms with Crippen molar-refractivity contribution in [2.24, 2.45) is 0 Å². The summed E-state index contributed by atoms with van der Waals surface area (Å²) >= 11 is 0. The van der Waals surface area contributed by atoms with Crippen LogP contribution in [0.4, 0.5) is 16.2 Å². The molecule has 0 bridgehead atoms. The Morgan fingerprint density at radius 1 is 1.04 bits per heavy atom. The molecule has 3 amide bonds. The first-order chi connectivity index (χ1) is 12.9. The van der Waals surface area contributed by atoms with E-state index in [0.717, 1.165) is 5.56 Å². The van der Waals surface area contributed by atoms with Crippen LogP contribution in [0.3, 0.4) is 0 Å². The summed E-state index contributed by atoms with van der Waals surface area (Å²) in [7, 11) is 0. The number of amides is 3. The second-order valence-corrected chi connectivity index (χ2v) is 6.58. The summed E-state index contributed by atoms with van der Waals surface area (Å²) in [4.78, 5) is 36.4. The van der Waals surface area contributed by atoms with Gasteiger partial charge in [-0.2, -0.15) is 0 Å². The minimum Gasteiger partial charge on any atom is -0.448 e. The molecule has 0 radical (unpaired) electrons. The number of rotatable bonds is 4. The maximum Gasteiger partial charge on any atom is 0.339 e. The summed E-state index contributed by atoms with van der Waals surface area (Å²) in [5.74, 6) is -0.917. The minimum atomic E-state index is -0.895. The highest BCUT2D eigenvalue weighted by molar-refractivity contribution is 6.00. The zero-order valence-corrected chi connectivity index (χ0v) is 15.1. The van der Waals surface area contributed by atoms with Crippen molar-refractivity contribution >= 4 is 29.3 Å². The van der Waals surface area contributed by atoms with E-state index in [4.69, 9.17) is 4.74 Å². The molecule has 3 N–H and O–H groups in total. The number of benzene rings is 2. The lowest BCUT2D eigenvalue weighted by atomic mass is 9.98. The summed E-state index contributed by atoms with van der Waals surface area (Å²) in [5.41, 5.74) is 2.31. The molecule has 1 atom stereocenters. The first-order valence-corrected chi connectivity index (χ1v) is 8.69. The molecule has 0 saturated heterocycles. The molecule has 0 fully saturated rings. The Hall–Kier alpha value is -3.35. The van der Waals surface area contributed by atoms with Crippen LogP contribution in [0.1, 0.15) is 29.8 Å². The van der Waals surface area contributed by atoms with Gasteiger partial charge in [0.1, 0.15) is 0 Å². The number of nitrogens with one attached hydrogen (secondary N) is 3. The third-order valence-electron chi connectivity index (χ3n) is 3.99. The van der Waals surface area contributed by atoms with E-state index in [1.54, 1.807) is 36.4 Å². The predicted octanol–water partition coefficient (Wildman–Crippen LogP) is 2.94. The van der Waals surface area contributed by atoms with Crippen molar-refractivity contribution in [2.75, 3.05) is 10.6 Å².